The average Bonchev–Trinajstić information content (AvgIpc) is 3.07. The van der Waals surface area contributed by atoms with Gasteiger partial charge in [0.15, 0.2) is 5.82 Å². The van der Waals surface area contributed by atoms with E-state index >= 15 is 0 Å². The molecule has 0 spiro atoms. The van der Waals surface area contributed by atoms with Crippen LogP contribution in [0.25, 0.3) is 10.8 Å². The second-order valence-corrected chi connectivity index (χ2v) is 5.93. The normalized spacial score (nSPS) is 23.1. The maximum Gasteiger partial charge on any atom is 0.268 e. The molecule has 0 aliphatic heterocycles. The van der Waals surface area contributed by atoms with E-state index in [4.69, 9.17) is 9.78 Å². The van der Waals surface area contributed by atoms with Crippen molar-refractivity contribution in [2.24, 2.45) is 5.92 Å². The number of aromatic nitrogens is 2. The molecule has 2 aromatic rings. The molecule has 0 aromatic carbocycles. The van der Waals surface area contributed by atoms with Crippen molar-refractivity contribution in [3.05, 3.63) is 22.8 Å². The van der Waals surface area contributed by atoms with Crippen LogP contribution in [0.3, 0.4) is 0 Å². The summed E-state index contributed by atoms with van der Waals surface area (Å²) in [7, 11) is 0. The molecule has 1 aliphatic rings. The van der Waals surface area contributed by atoms with Crippen molar-refractivity contribution in [3.8, 4) is 16.8 Å². The number of hydrogen-bond acceptors (Lipinski definition) is 5. The van der Waals surface area contributed by atoms with Crippen LogP contribution in [-0.4, -0.2) is 10.1 Å². The molecule has 2 aromatic heterocycles. The summed E-state index contributed by atoms with van der Waals surface area (Å²) in [5.41, 5.74) is 0. The summed E-state index contributed by atoms with van der Waals surface area (Å²) in [6.07, 6.45) is 3.53. The van der Waals surface area contributed by atoms with Crippen molar-refractivity contribution in [3.63, 3.8) is 0 Å². The molecule has 3 rings (SSSR count). The molecule has 1 fully saturated rings. The van der Waals surface area contributed by atoms with Crippen LogP contribution in [0.5, 0.6) is 0 Å². The van der Waals surface area contributed by atoms with Crippen LogP contribution in [-0.2, 0) is 0 Å². The standard InChI is InChI=1S/C13H13N3OS/c1-8-2-3-9(6-8)12-15-13(17-16-12)11-5-4-10(7-14)18-11/h4-5,8-9H,2-3,6H2,1H3. The van der Waals surface area contributed by atoms with Gasteiger partial charge in [-0.1, -0.05) is 12.1 Å². The Morgan fingerprint density at radius 2 is 2.33 bits per heavy atom. The predicted octanol–water partition coefficient (Wildman–Crippen LogP) is 3.57. The zero-order valence-corrected chi connectivity index (χ0v) is 10.9. The summed E-state index contributed by atoms with van der Waals surface area (Å²) < 4.78 is 5.30. The third-order valence-electron chi connectivity index (χ3n) is 3.43. The topological polar surface area (TPSA) is 62.7 Å². The second kappa shape index (κ2) is 4.54. The number of thiophene rings is 1. The first-order chi connectivity index (χ1) is 8.76. The molecular formula is C13H13N3OS. The first-order valence-electron chi connectivity index (χ1n) is 6.10. The maximum atomic E-state index is 8.80. The average molecular weight is 259 g/mol. The molecule has 18 heavy (non-hydrogen) atoms. The third kappa shape index (κ3) is 2.04. The van der Waals surface area contributed by atoms with Crippen LogP contribution in [0.2, 0.25) is 0 Å². The molecule has 0 saturated heterocycles. The van der Waals surface area contributed by atoms with Gasteiger partial charge in [0.05, 0.1) is 4.88 Å². The van der Waals surface area contributed by atoms with Crippen LogP contribution < -0.4 is 0 Å². The smallest absolute Gasteiger partial charge is 0.268 e. The Labute approximate surface area is 109 Å². The SMILES string of the molecule is CC1CCC(c2noc(-c3ccc(C#N)s3)n2)C1. The fraction of sp³-hybridized carbons (Fsp3) is 0.462. The summed E-state index contributed by atoms with van der Waals surface area (Å²) in [6, 6.07) is 5.75. The van der Waals surface area contributed by atoms with Gasteiger partial charge in [0.25, 0.3) is 5.89 Å². The van der Waals surface area contributed by atoms with E-state index in [0.717, 1.165) is 29.5 Å². The number of nitriles is 1. The summed E-state index contributed by atoms with van der Waals surface area (Å²) in [6.45, 7) is 2.26. The van der Waals surface area contributed by atoms with Gasteiger partial charge in [0.1, 0.15) is 10.9 Å². The molecule has 0 radical (unpaired) electrons. The zero-order chi connectivity index (χ0) is 12.5. The Morgan fingerprint density at radius 3 is 3.00 bits per heavy atom. The van der Waals surface area contributed by atoms with Crippen LogP contribution in [0, 0.1) is 17.2 Å². The van der Waals surface area contributed by atoms with Gasteiger partial charge in [0.2, 0.25) is 0 Å². The molecule has 92 valence electrons. The lowest BCUT2D eigenvalue weighted by Crippen LogP contribution is -1.95. The Kier molecular flexibility index (Phi) is 2.88. The number of hydrogen-bond donors (Lipinski definition) is 0. The van der Waals surface area contributed by atoms with Gasteiger partial charge in [0, 0.05) is 5.92 Å². The molecule has 2 heterocycles. The summed E-state index contributed by atoms with van der Waals surface area (Å²) >= 11 is 1.39. The largest absolute Gasteiger partial charge is 0.333 e. The highest BCUT2D eigenvalue weighted by Gasteiger charge is 2.27. The fourth-order valence-electron chi connectivity index (χ4n) is 2.46. The summed E-state index contributed by atoms with van der Waals surface area (Å²) in [4.78, 5) is 6.01. The summed E-state index contributed by atoms with van der Waals surface area (Å²) in [5.74, 6) is 2.55. The lowest BCUT2D eigenvalue weighted by molar-refractivity contribution is 0.415. The molecule has 2 atom stereocenters. The molecule has 1 saturated carbocycles. The van der Waals surface area contributed by atoms with E-state index in [1.807, 2.05) is 6.07 Å². The van der Waals surface area contributed by atoms with Crippen LogP contribution >= 0.6 is 11.3 Å². The van der Waals surface area contributed by atoms with Gasteiger partial charge in [-0.25, -0.2) is 0 Å². The minimum absolute atomic E-state index is 0.438. The van der Waals surface area contributed by atoms with Crippen molar-refractivity contribution < 1.29 is 4.52 Å². The Morgan fingerprint density at radius 1 is 1.44 bits per heavy atom. The van der Waals surface area contributed by atoms with Gasteiger partial charge in [-0.2, -0.15) is 10.2 Å². The molecular weight excluding hydrogens is 246 g/mol. The third-order valence-corrected chi connectivity index (χ3v) is 4.41. The van der Waals surface area contributed by atoms with Crippen LogP contribution in [0.1, 0.15) is 42.8 Å². The van der Waals surface area contributed by atoms with Crippen LogP contribution in [0.15, 0.2) is 16.7 Å². The lowest BCUT2D eigenvalue weighted by atomic mass is 10.1. The van der Waals surface area contributed by atoms with E-state index in [1.165, 1.54) is 17.8 Å². The van der Waals surface area contributed by atoms with Crippen molar-refractivity contribution in [1.29, 1.82) is 5.26 Å². The maximum absolute atomic E-state index is 8.80. The molecule has 5 heteroatoms. The van der Waals surface area contributed by atoms with Crippen molar-refractivity contribution in [1.82, 2.24) is 10.1 Å². The minimum atomic E-state index is 0.438. The van der Waals surface area contributed by atoms with Gasteiger partial charge in [-0.05, 0) is 37.3 Å². The quantitative estimate of drug-likeness (QED) is 0.827. The monoisotopic (exact) mass is 259 g/mol. The van der Waals surface area contributed by atoms with Gasteiger partial charge in [-0.3, -0.25) is 0 Å². The second-order valence-electron chi connectivity index (χ2n) is 4.85. The molecule has 0 amide bonds. The van der Waals surface area contributed by atoms with E-state index in [-0.39, 0.29) is 0 Å². The fourth-order valence-corrected chi connectivity index (χ4v) is 3.18. The first kappa shape index (κ1) is 11.4. The number of rotatable bonds is 2. The van der Waals surface area contributed by atoms with Crippen molar-refractivity contribution in [2.75, 3.05) is 0 Å². The Hall–Kier alpha value is -1.67. The highest BCUT2D eigenvalue weighted by Crippen LogP contribution is 2.37. The molecule has 2 unspecified atom stereocenters. The van der Waals surface area contributed by atoms with Crippen molar-refractivity contribution >= 4 is 11.3 Å². The van der Waals surface area contributed by atoms with E-state index in [0.29, 0.717) is 16.7 Å². The molecule has 1 aliphatic carbocycles. The van der Waals surface area contributed by atoms with Crippen LogP contribution in [0.4, 0.5) is 0 Å². The summed E-state index contributed by atoms with van der Waals surface area (Å²) in [5, 5.41) is 12.9. The molecule has 4 nitrogen and oxygen atoms in total. The van der Waals surface area contributed by atoms with E-state index < -0.39 is 0 Å². The van der Waals surface area contributed by atoms with Gasteiger partial charge < -0.3 is 4.52 Å². The van der Waals surface area contributed by atoms with E-state index in [9.17, 15) is 0 Å². The molecule has 0 N–H and O–H groups in total. The van der Waals surface area contributed by atoms with E-state index in [1.54, 1.807) is 6.07 Å². The highest BCUT2D eigenvalue weighted by atomic mass is 32.1. The number of nitrogens with zero attached hydrogens (tertiary/aromatic N) is 3. The van der Waals surface area contributed by atoms with Crippen molar-refractivity contribution in [2.45, 2.75) is 32.1 Å². The minimum Gasteiger partial charge on any atom is -0.333 e. The van der Waals surface area contributed by atoms with E-state index in [2.05, 4.69) is 23.1 Å². The first-order valence-corrected chi connectivity index (χ1v) is 6.92. The Balaban J connectivity index is 1.83. The zero-order valence-electron chi connectivity index (χ0n) is 10.1. The lowest BCUT2D eigenvalue weighted by Gasteiger charge is -2.01. The Bertz CT molecular complexity index is 595. The van der Waals surface area contributed by atoms with Gasteiger partial charge >= 0.3 is 0 Å². The highest BCUT2D eigenvalue weighted by molar-refractivity contribution is 7.15. The van der Waals surface area contributed by atoms with Gasteiger partial charge in [-0.15, -0.1) is 11.3 Å². The predicted molar refractivity (Wildman–Crippen MR) is 68.1 cm³/mol. The molecule has 0 bridgehead atoms.